The number of hydrogen-bond acceptors (Lipinski definition) is 7. The van der Waals surface area contributed by atoms with Crippen molar-refractivity contribution in [3.8, 4) is 0 Å². The van der Waals surface area contributed by atoms with Crippen molar-refractivity contribution in [3.63, 3.8) is 0 Å². The molecule has 0 radical (unpaired) electrons. The maximum atomic E-state index is 13.6. The van der Waals surface area contributed by atoms with Crippen molar-refractivity contribution in [1.82, 2.24) is 9.88 Å². The molecule has 13 heteroatoms. The zero-order chi connectivity index (χ0) is 27.2. The van der Waals surface area contributed by atoms with Crippen LogP contribution in [-0.2, 0) is 20.6 Å². The Morgan fingerprint density at radius 3 is 2.59 bits per heavy atom. The standard InChI is InChI=1S/C26H20F3N3O5S2/c27-26(28,29)10-3-1-4-11(7-10)30-15(33)9-32-23(34)17-12-8-13(18(17)24(32)35)20-16(12)19(14-5-2-6-37-14)21-22(38-20)31-25(36)39-21/h1-7,12-13,16-20H,8-9H2,(H,30,33)(H,31,36). The predicted molar refractivity (Wildman–Crippen MR) is 134 cm³/mol. The SMILES string of the molecule is O=C(CN1C(=O)C2C3CC(C2C1=O)C1C(c2ccco2)c2sc(=O)[nH]c2SC31)Nc1cccc(C(F)(F)F)c1. The number of nitrogens with one attached hydrogen (secondary N) is 2. The van der Waals surface area contributed by atoms with E-state index in [0.717, 1.165) is 38.3 Å². The van der Waals surface area contributed by atoms with Gasteiger partial charge in [-0.3, -0.25) is 24.1 Å². The second-order valence-corrected chi connectivity index (χ2v) is 12.6. The Bertz CT molecular complexity index is 1560. The third-order valence-electron chi connectivity index (χ3n) is 8.44. The summed E-state index contributed by atoms with van der Waals surface area (Å²) in [5.74, 6) is -2.53. The first-order chi connectivity index (χ1) is 18.6. The van der Waals surface area contributed by atoms with Crippen LogP contribution in [0.4, 0.5) is 18.9 Å². The van der Waals surface area contributed by atoms with Crippen LogP contribution in [0.5, 0.6) is 0 Å². The summed E-state index contributed by atoms with van der Waals surface area (Å²) in [6.45, 7) is -0.564. The molecular formula is C26H20F3N3O5S2. The van der Waals surface area contributed by atoms with Gasteiger partial charge in [-0.15, -0.1) is 11.8 Å². The fraction of sp³-hybridized carbons (Fsp3) is 0.385. The topological polar surface area (TPSA) is 112 Å². The van der Waals surface area contributed by atoms with E-state index in [0.29, 0.717) is 12.2 Å². The maximum absolute atomic E-state index is 13.6. The van der Waals surface area contributed by atoms with E-state index in [9.17, 15) is 32.3 Å². The largest absolute Gasteiger partial charge is 0.469 e. The molecule has 7 unspecified atom stereocenters. The van der Waals surface area contributed by atoms with Crippen LogP contribution < -0.4 is 10.2 Å². The Morgan fingerprint density at radius 2 is 1.87 bits per heavy atom. The number of anilines is 1. The molecule has 4 heterocycles. The normalized spacial score (nSPS) is 30.8. The van der Waals surface area contributed by atoms with Gasteiger partial charge in [0, 0.05) is 10.9 Å². The molecular weight excluding hydrogens is 555 g/mol. The highest BCUT2D eigenvalue weighted by molar-refractivity contribution is 8.00. The van der Waals surface area contributed by atoms with Gasteiger partial charge in [-0.25, -0.2) is 0 Å². The van der Waals surface area contributed by atoms with Crippen LogP contribution >= 0.6 is 23.1 Å². The van der Waals surface area contributed by atoms with Crippen LogP contribution in [0, 0.1) is 29.6 Å². The number of rotatable bonds is 4. The Kier molecular flexibility index (Phi) is 5.44. The fourth-order valence-electron chi connectivity index (χ4n) is 7.14. The predicted octanol–water partition coefficient (Wildman–Crippen LogP) is 4.16. The number of hydrogen-bond donors (Lipinski definition) is 2. The minimum atomic E-state index is -4.57. The molecule has 0 spiro atoms. The summed E-state index contributed by atoms with van der Waals surface area (Å²) in [5, 5.41) is 3.14. The van der Waals surface area contributed by atoms with Gasteiger partial charge in [-0.1, -0.05) is 17.4 Å². The van der Waals surface area contributed by atoms with Crippen molar-refractivity contribution < 1.29 is 32.0 Å². The van der Waals surface area contributed by atoms with Gasteiger partial charge in [-0.05, 0) is 54.5 Å². The molecule has 2 aliphatic heterocycles. The first-order valence-corrected chi connectivity index (χ1v) is 14.1. The Morgan fingerprint density at radius 1 is 1.10 bits per heavy atom. The van der Waals surface area contributed by atoms with E-state index in [1.54, 1.807) is 24.1 Å². The molecule has 8 nitrogen and oxygen atoms in total. The van der Waals surface area contributed by atoms with Gasteiger partial charge in [0.05, 0.1) is 39.5 Å². The fourth-order valence-corrected chi connectivity index (χ4v) is 10.0. The number of furan rings is 1. The van der Waals surface area contributed by atoms with Crippen molar-refractivity contribution in [1.29, 1.82) is 0 Å². The van der Waals surface area contributed by atoms with E-state index in [-0.39, 0.29) is 39.5 Å². The maximum Gasteiger partial charge on any atom is 0.416 e. The molecule has 1 saturated heterocycles. The second-order valence-electron chi connectivity index (χ2n) is 10.4. The van der Waals surface area contributed by atoms with Crippen LogP contribution in [0.3, 0.4) is 0 Å². The van der Waals surface area contributed by atoms with E-state index < -0.39 is 47.8 Å². The van der Waals surface area contributed by atoms with Gasteiger partial charge in [0.1, 0.15) is 12.3 Å². The number of fused-ring (bicyclic) bond motifs is 9. The minimum absolute atomic E-state index is 0.0141. The van der Waals surface area contributed by atoms with Gasteiger partial charge in [0.15, 0.2) is 0 Å². The molecule has 7 rings (SSSR count). The van der Waals surface area contributed by atoms with Gasteiger partial charge < -0.3 is 14.7 Å². The number of carbonyl (C=O) groups is 3. The first kappa shape index (κ1) is 24.7. The lowest BCUT2D eigenvalue weighted by Gasteiger charge is -2.42. The lowest BCUT2D eigenvalue weighted by atomic mass is 9.69. The number of imide groups is 1. The number of alkyl halides is 3. The number of aromatic nitrogens is 1. The van der Waals surface area contributed by atoms with Crippen LogP contribution in [-0.4, -0.2) is 39.4 Å². The van der Waals surface area contributed by atoms with Crippen molar-refractivity contribution in [2.24, 2.45) is 29.6 Å². The number of aromatic amines is 1. The summed E-state index contributed by atoms with van der Waals surface area (Å²) < 4.78 is 44.9. The van der Waals surface area contributed by atoms with Crippen molar-refractivity contribution in [2.75, 3.05) is 11.9 Å². The molecule has 7 atom stereocenters. The Labute approximate surface area is 226 Å². The molecule has 3 aromatic rings. The van der Waals surface area contributed by atoms with Gasteiger partial charge in [-0.2, -0.15) is 13.2 Å². The Hall–Kier alpha value is -3.32. The third kappa shape index (κ3) is 3.73. The number of thiazole rings is 1. The summed E-state index contributed by atoms with van der Waals surface area (Å²) in [5.41, 5.74) is -0.987. The molecule has 2 aliphatic carbocycles. The van der Waals surface area contributed by atoms with E-state index in [2.05, 4.69) is 10.3 Å². The number of thioether (sulfide) groups is 1. The van der Waals surface area contributed by atoms with Gasteiger partial charge in [0.2, 0.25) is 17.7 Å². The molecule has 202 valence electrons. The van der Waals surface area contributed by atoms with Crippen molar-refractivity contribution in [3.05, 3.63) is 68.5 Å². The lowest BCUT2D eigenvalue weighted by Crippen LogP contribution is -2.42. The smallest absolute Gasteiger partial charge is 0.416 e. The summed E-state index contributed by atoms with van der Waals surface area (Å²) >= 11 is 2.68. The molecule has 1 aromatic carbocycles. The summed E-state index contributed by atoms with van der Waals surface area (Å²) in [4.78, 5) is 56.6. The monoisotopic (exact) mass is 575 g/mol. The molecule has 3 amide bonds. The van der Waals surface area contributed by atoms with E-state index >= 15 is 0 Å². The van der Waals surface area contributed by atoms with E-state index in [4.69, 9.17) is 4.42 Å². The van der Waals surface area contributed by atoms with Gasteiger partial charge >= 0.3 is 11.0 Å². The van der Waals surface area contributed by atoms with Gasteiger partial charge in [0.25, 0.3) is 0 Å². The van der Waals surface area contributed by atoms with Crippen molar-refractivity contribution in [2.45, 2.75) is 28.8 Å². The quantitative estimate of drug-likeness (QED) is 0.452. The zero-order valence-corrected chi connectivity index (χ0v) is 21.6. The number of H-pyrrole nitrogens is 1. The number of likely N-dealkylation sites (tertiary alicyclic amines) is 1. The van der Waals surface area contributed by atoms with Crippen LogP contribution in [0.25, 0.3) is 0 Å². The minimum Gasteiger partial charge on any atom is -0.469 e. The lowest BCUT2D eigenvalue weighted by molar-refractivity contribution is -0.143. The Balaban J connectivity index is 1.14. The number of carbonyl (C=O) groups excluding carboxylic acids is 3. The molecule has 3 fully saturated rings. The van der Waals surface area contributed by atoms with Crippen LogP contribution in [0.2, 0.25) is 0 Å². The molecule has 2 bridgehead atoms. The number of nitrogens with zero attached hydrogens (tertiary/aromatic N) is 1. The highest BCUT2D eigenvalue weighted by atomic mass is 32.2. The zero-order valence-electron chi connectivity index (χ0n) is 19.9. The summed E-state index contributed by atoms with van der Waals surface area (Å²) in [6, 6.07) is 7.83. The third-order valence-corrected chi connectivity index (χ3v) is 11.0. The van der Waals surface area contributed by atoms with E-state index in [1.807, 2.05) is 6.07 Å². The van der Waals surface area contributed by atoms with Crippen LogP contribution in [0.15, 0.2) is 56.9 Å². The van der Waals surface area contributed by atoms with Crippen LogP contribution in [0.1, 0.15) is 28.5 Å². The number of benzene rings is 1. The summed E-state index contributed by atoms with van der Waals surface area (Å²) in [6.07, 6.45) is -2.31. The average Bonchev–Trinajstić information content (AvgIpc) is 3.69. The highest BCUT2D eigenvalue weighted by Crippen LogP contribution is 2.68. The molecule has 4 aliphatic rings. The molecule has 2 saturated carbocycles. The summed E-state index contributed by atoms with van der Waals surface area (Å²) in [7, 11) is 0. The molecule has 2 N–H and O–H groups in total. The van der Waals surface area contributed by atoms with E-state index in [1.165, 1.54) is 12.1 Å². The highest BCUT2D eigenvalue weighted by Gasteiger charge is 2.69. The average molecular weight is 576 g/mol. The molecule has 39 heavy (non-hydrogen) atoms. The number of halogens is 3. The molecule has 2 aromatic heterocycles. The second kappa shape index (κ2) is 8.59. The van der Waals surface area contributed by atoms with Crippen molar-refractivity contribution >= 4 is 46.5 Å². The first-order valence-electron chi connectivity index (χ1n) is 12.4. The number of amides is 3.